The van der Waals surface area contributed by atoms with Crippen LogP contribution in [0.15, 0.2) is 30.6 Å². The van der Waals surface area contributed by atoms with Gasteiger partial charge in [-0.1, -0.05) is 19.1 Å². The number of hydrogen-bond donors (Lipinski definition) is 1. The van der Waals surface area contributed by atoms with Crippen LogP contribution in [0.2, 0.25) is 0 Å². The molecule has 1 aromatic carbocycles. The van der Waals surface area contributed by atoms with E-state index in [9.17, 15) is 4.39 Å². The largest absolute Gasteiger partial charge is 0.310 e. The number of hydrogen-bond acceptors (Lipinski definition) is 3. The van der Waals surface area contributed by atoms with E-state index in [-0.39, 0.29) is 5.82 Å². The summed E-state index contributed by atoms with van der Waals surface area (Å²) in [4.78, 5) is 4.13. The van der Waals surface area contributed by atoms with Gasteiger partial charge in [-0.25, -0.2) is 14.1 Å². The molecule has 2 rings (SSSR count). The first-order valence-corrected chi connectivity index (χ1v) is 5.67. The van der Waals surface area contributed by atoms with Crippen LogP contribution in [0.5, 0.6) is 0 Å². The van der Waals surface area contributed by atoms with Gasteiger partial charge in [0.25, 0.3) is 0 Å². The van der Waals surface area contributed by atoms with E-state index in [2.05, 4.69) is 22.3 Å². The van der Waals surface area contributed by atoms with E-state index in [0.717, 1.165) is 13.0 Å². The predicted molar refractivity (Wildman–Crippen MR) is 63.3 cm³/mol. The maximum atomic E-state index is 13.6. The van der Waals surface area contributed by atoms with Crippen molar-refractivity contribution in [2.45, 2.75) is 19.9 Å². The third kappa shape index (κ3) is 2.68. The minimum Gasteiger partial charge on any atom is -0.310 e. The maximum Gasteiger partial charge on any atom is 0.148 e. The van der Waals surface area contributed by atoms with E-state index in [1.54, 1.807) is 18.2 Å². The Balaban J connectivity index is 2.22. The highest BCUT2D eigenvalue weighted by atomic mass is 19.1. The Bertz CT molecular complexity index is 481. The number of benzene rings is 1. The van der Waals surface area contributed by atoms with Gasteiger partial charge >= 0.3 is 0 Å². The van der Waals surface area contributed by atoms with E-state index in [4.69, 9.17) is 0 Å². The molecular formula is C12H15FN4. The van der Waals surface area contributed by atoms with Gasteiger partial charge in [0, 0.05) is 0 Å². The van der Waals surface area contributed by atoms with Gasteiger partial charge in [-0.15, -0.1) is 0 Å². The molecule has 1 N–H and O–H groups in total. The molecule has 1 aromatic heterocycles. The fraction of sp³-hybridized carbons (Fsp3) is 0.333. The van der Waals surface area contributed by atoms with Crippen molar-refractivity contribution in [3.8, 4) is 5.69 Å². The van der Waals surface area contributed by atoms with Crippen LogP contribution in [-0.2, 0) is 6.54 Å². The third-order valence-corrected chi connectivity index (χ3v) is 2.41. The van der Waals surface area contributed by atoms with Crippen LogP contribution in [-0.4, -0.2) is 21.3 Å². The van der Waals surface area contributed by atoms with Crippen molar-refractivity contribution in [2.24, 2.45) is 0 Å². The van der Waals surface area contributed by atoms with Crippen LogP contribution < -0.4 is 5.32 Å². The Labute approximate surface area is 99.5 Å². The van der Waals surface area contributed by atoms with Crippen LogP contribution in [0.25, 0.3) is 5.69 Å². The zero-order valence-electron chi connectivity index (χ0n) is 9.73. The normalized spacial score (nSPS) is 10.7. The monoisotopic (exact) mass is 234 g/mol. The highest BCUT2D eigenvalue weighted by Crippen LogP contribution is 2.12. The van der Waals surface area contributed by atoms with Crippen LogP contribution in [0.4, 0.5) is 4.39 Å². The van der Waals surface area contributed by atoms with Gasteiger partial charge in [-0.05, 0) is 25.1 Å². The first-order chi connectivity index (χ1) is 8.33. The summed E-state index contributed by atoms with van der Waals surface area (Å²) in [6, 6.07) is 6.54. The van der Waals surface area contributed by atoms with Crippen molar-refractivity contribution < 1.29 is 4.39 Å². The van der Waals surface area contributed by atoms with Gasteiger partial charge in [0.2, 0.25) is 0 Å². The van der Waals surface area contributed by atoms with Crippen molar-refractivity contribution in [1.82, 2.24) is 20.1 Å². The molecule has 2 aromatic rings. The average Bonchev–Trinajstić information content (AvgIpc) is 2.78. The van der Waals surface area contributed by atoms with Crippen LogP contribution in [0, 0.1) is 5.82 Å². The summed E-state index contributed by atoms with van der Waals surface area (Å²) in [5, 5.41) is 7.27. The lowest BCUT2D eigenvalue weighted by molar-refractivity contribution is 0.592. The first-order valence-electron chi connectivity index (χ1n) is 5.67. The lowest BCUT2D eigenvalue weighted by Crippen LogP contribution is -2.18. The molecule has 0 unspecified atom stereocenters. The summed E-state index contributed by atoms with van der Waals surface area (Å²) >= 11 is 0. The summed E-state index contributed by atoms with van der Waals surface area (Å²) in [7, 11) is 0. The lowest BCUT2D eigenvalue weighted by atomic mass is 10.3. The second-order valence-corrected chi connectivity index (χ2v) is 3.72. The molecule has 0 spiro atoms. The highest BCUT2D eigenvalue weighted by Gasteiger charge is 2.09. The molecule has 0 bridgehead atoms. The molecule has 0 atom stereocenters. The SMILES string of the molecule is CCCNCc1ncnn1-c1ccccc1F. The molecule has 90 valence electrons. The third-order valence-electron chi connectivity index (χ3n) is 2.41. The standard InChI is InChI=1S/C12H15FN4/c1-2-7-14-8-12-15-9-16-17(12)11-6-4-3-5-10(11)13/h3-6,9,14H,2,7-8H2,1H3. The van der Waals surface area contributed by atoms with E-state index in [0.29, 0.717) is 18.1 Å². The molecule has 0 amide bonds. The van der Waals surface area contributed by atoms with Gasteiger partial charge in [0.1, 0.15) is 23.7 Å². The molecule has 1 heterocycles. The zero-order chi connectivity index (χ0) is 12.1. The minimum atomic E-state index is -0.297. The Morgan fingerprint density at radius 2 is 2.18 bits per heavy atom. The second-order valence-electron chi connectivity index (χ2n) is 3.72. The van der Waals surface area contributed by atoms with E-state index < -0.39 is 0 Å². The zero-order valence-corrected chi connectivity index (χ0v) is 9.73. The summed E-state index contributed by atoms with van der Waals surface area (Å²) < 4.78 is 15.1. The molecular weight excluding hydrogens is 219 g/mol. The molecule has 0 saturated heterocycles. The molecule has 0 aliphatic carbocycles. The van der Waals surface area contributed by atoms with Crippen molar-refractivity contribution >= 4 is 0 Å². The summed E-state index contributed by atoms with van der Waals surface area (Å²) in [6.45, 7) is 3.58. The highest BCUT2D eigenvalue weighted by molar-refractivity contribution is 5.32. The lowest BCUT2D eigenvalue weighted by Gasteiger charge is -2.07. The van der Waals surface area contributed by atoms with Gasteiger partial charge < -0.3 is 5.32 Å². The van der Waals surface area contributed by atoms with E-state index >= 15 is 0 Å². The Kier molecular flexibility index (Phi) is 3.82. The summed E-state index contributed by atoms with van der Waals surface area (Å²) in [6.07, 6.45) is 2.49. The fourth-order valence-corrected chi connectivity index (χ4v) is 1.59. The van der Waals surface area contributed by atoms with Gasteiger partial charge in [-0.2, -0.15) is 5.10 Å². The Hall–Kier alpha value is -1.75. The van der Waals surface area contributed by atoms with Crippen molar-refractivity contribution in [1.29, 1.82) is 0 Å². The number of nitrogens with zero attached hydrogens (tertiary/aromatic N) is 3. The predicted octanol–water partition coefficient (Wildman–Crippen LogP) is 1.91. The van der Waals surface area contributed by atoms with Crippen molar-refractivity contribution in [2.75, 3.05) is 6.54 Å². The van der Waals surface area contributed by atoms with Crippen molar-refractivity contribution in [3.05, 3.63) is 42.2 Å². The summed E-state index contributed by atoms with van der Waals surface area (Å²) in [5.74, 6) is 0.415. The van der Waals surface area contributed by atoms with E-state index in [1.165, 1.54) is 17.1 Å². The molecule has 0 saturated carbocycles. The maximum absolute atomic E-state index is 13.6. The van der Waals surface area contributed by atoms with E-state index in [1.807, 2.05) is 0 Å². The minimum absolute atomic E-state index is 0.297. The number of para-hydroxylation sites is 1. The van der Waals surface area contributed by atoms with Crippen LogP contribution in [0.3, 0.4) is 0 Å². The van der Waals surface area contributed by atoms with Gasteiger partial charge in [-0.3, -0.25) is 0 Å². The smallest absolute Gasteiger partial charge is 0.148 e. The average molecular weight is 234 g/mol. The van der Waals surface area contributed by atoms with Crippen molar-refractivity contribution in [3.63, 3.8) is 0 Å². The molecule has 0 aliphatic rings. The van der Waals surface area contributed by atoms with Gasteiger partial charge in [0.05, 0.1) is 6.54 Å². The first kappa shape index (κ1) is 11.7. The molecule has 17 heavy (non-hydrogen) atoms. The molecule has 0 fully saturated rings. The molecule has 0 radical (unpaired) electrons. The number of nitrogens with one attached hydrogen (secondary N) is 1. The fourth-order valence-electron chi connectivity index (χ4n) is 1.59. The summed E-state index contributed by atoms with van der Waals surface area (Å²) in [5.41, 5.74) is 0.429. The number of halogens is 1. The number of aromatic nitrogens is 3. The topological polar surface area (TPSA) is 42.7 Å². The van der Waals surface area contributed by atoms with Gasteiger partial charge in [0.15, 0.2) is 0 Å². The molecule has 0 aliphatic heterocycles. The quantitative estimate of drug-likeness (QED) is 0.803. The Morgan fingerprint density at radius 1 is 1.35 bits per heavy atom. The molecule has 4 nitrogen and oxygen atoms in total. The Morgan fingerprint density at radius 3 is 2.94 bits per heavy atom. The molecule has 5 heteroatoms. The number of rotatable bonds is 5. The van der Waals surface area contributed by atoms with Crippen LogP contribution >= 0.6 is 0 Å². The van der Waals surface area contributed by atoms with Crippen LogP contribution in [0.1, 0.15) is 19.2 Å². The second kappa shape index (κ2) is 5.54.